The topological polar surface area (TPSA) is 131 Å². The van der Waals surface area contributed by atoms with Crippen molar-refractivity contribution in [3.8, 4) is 28.2 Å². The summed E-state index contributed by atoms with van der Waals surface area (Å²) in [6, 6.07) is 12.9. The average molecular weight is 389 g/mol. The normalized spacial score (nSPS) is 11.1. The second-order valence-electron chi connectivity index (χ2n) is 6.51. The van der Waals surface area contributed by atoms with Crippen LogP contribution >= 0.6 is 0 Å². The fraction of sp³-hybridized carbons (Fsp3) is 0.0455. The molecule has 0 atom stereocenters. The molecule has 0 fully saturated rings. The Labute approximate surface area is 164 Å². The van der Waals surface area contributed by atoms with Crippen LogP contribution < -0.4 is 11.2 Å². The van der Waals surface area contributed by atoms with Crippen LogP contribution in [0.3, 0.4) is 0 Å². The lowest BCUT2D eigenvalue weighted by Gasteiger charge is -2.17. The molecule has 29 heavy (non-hydrogen) atoms. The number of aromatic carboxylic acids is 1. The van der Waals surface area contributed by atoms with E-state index >= 15 is 0 Å². The zero-order valence-electron chi connectivity index (χ0n) is 15.0. The summed E-state index contributed by atoms with van der Waals surface area (Å²) in [7, 11) is 0. The van der Waals surface area contributed by atoms with E-state index in [2.05, 4.69) is 0 Å². The number of carbonyl (C=O) groups excluding carboxylic acids is 1. The van der Waals surface area contributed by atoms with Crippen LogP contribution in [0.5, 0.6) is 5.75 Å². The van der Waals surface area contributed by atoms with Crippen LogP contribution in [0.25, 0.3) is 33.4 Å². The first-order chi connectivity index (χ1) is 13.9. The maximum absolute atomic E-state index is 12.1. The lowest BCUT2D eigenvalue weighted by molar-refractivity contribution is 0.0697. The van der Waals surface area contributed by atoms with E-state index in [0.717, 1.165) is 0 Å². The molecule has 0 saturated carbocycles. The lowest BCUT2D eigenvalue weighted by atomic mass is 9.89. The number of hydrogen-bond acceptors (Lipinski definition) is 6. The van der Waals surface area contributed by atoms with Gasteiger partial charge >= 0.3 is 5.97 Å². The summed E-state index contributed by atoms with van der Waals surface area (Å²) in [6.45, 7) is -0.217. The number of aromatic hydroxyl groups is 1. The predicted molar refractivity (Wildman–Crippen MR) is 107 cm³/mol. The van der Waals surface area contributed by atoms with Crippen LogP contribution in [-0.2, 0) is 0 Å². The highest BCUT2D eigenvalue weighted by Gasteiger charge is 2.23. The first-order valence-electron chi connectivity index (χ1n) is 8.69. The molecule has 2 aliphatic rings. The van der Waals surface area contributed by atoms with Gasteiger partial charge in [-0.15, -0.1) is 0 Å². The van der Waals surface area contributed by atoms with E-state index < -0.39 is 5.97 Å². The number of carboxylic acid groups (broad SMARTS) is 1. The third-order valence-electron chi connectivity index (χ3n) is 4.70. The SMILES string of the molecule is NCC(=O)c1ccc(C(=O)O)c(-c2c3ccc(=O)cc-3oc3cc(O)ccc23)c1. The van der Waals surface area contributed by atoms with Gasteiger partial charge < -0.3 is 20.4 Å². The van der Waals surface area contributed by atoms with Crippen molar-refractivity contribution in [2.45, 2.75) is 0 Å². The Morgan fingerprint density at radius 3 is 2.48 bits per heavy atom. The second kappa shape index (κ2) is 6.88. The number of nitrogens with two attached hydrogens (primary N) is 1. The number of carbonyl (C=O) groups is 2. The predicted octanol–water partition coefficient (Wildman–Crippen LogP) is 3.11. The van der Waals surface area contributed by atoms with Crippen LogP contribution in [0.1, 0.15) is 20.7 Å². The molecule has 7 nitrogen and oxygen atoms in total. The zero-order valence-corrected chi connectivity index (χ0v) is 15.0. The fourth-order valence-electron chi connectivity index (χ4n) is 3.38. The first-order valence-corrected chi connectivity index (χ1v) is 8.69. The van der Waals surface area contributed by atoms with Crippen molar-refractivity contribution in [1.29, 1.82) is 0 Å². The summed E-state index contributed by atoms with van der Waals surface area (Å²) in [5.41, 5.74) is 6.96. The van der Waals surface area contributed by atoms with E-state index in [1.165, 1.54) is 42.5 Å². The van der Waals surface area contributed by atoms with E-state index in [1.807, 2.05) is 0 Å². The van der Waals surface area contributed by atoms with E-state index in [-0.39, 0.29) is 51.5 Å². The van der Waals surface area contributed by atoms with Crippen LogP contribution in [0.4, 0.5) is 0 Å². The van der Waals surface area contributed by atoms with Crippen LogP contribution in [0.15, 0.2) is 63.8 Å². The summed E-state index contributed by atoms with van der Waals surface area (Å²) in [5.74, 6) is -1.32. The van der Waals surface area contributed by atoms with Gasteiger partial charge in [0.05, 0.1) is 12.1 Å². The number of fused-ring (bicyclic) bond motifs is 2. The molecule has 144 valence electrons. The lowest BCUT2D eigenvalue weighted by Crippen LogP contribution is -2.14. The number of carboxylic acids is 1. The number of ketones is 1. The van der Waals surface area contributed by atoms with Crippen molar-refractivity contribution in [3.05, 3.63) is 75.9 Å². The Morgan fingerprint density at radius 2 is 1.76 bits per heavy atom. The molecule has 0 amide bonds. The van der Waals surface area contributed by atoms with Gasteiger partial charge in [-0.1, -0.05) is 6.07 Å². The van der Waals surface area contributed by atoms with Crippen LogP contribution in [0.2, 0.25) is 0 Å². The highest BCUT2D eigenvalue weighted by molar-refractivity contribution is 6.09. The fourth-order valence-corrected chi connectivity index (χ4v) is 3.38. The van der Waals surface area contributed by atoms with Gasteiger partial charge in [-0.05, 0) is 42.0 Å². The molecule has 0 saturated heterocycles. The van der Waals surface area contributed by atoms with Gasteiger partial charge in [0.2, 0.25) is 0 Å². The molecule has 1 heterocycles. The molecule has 0 aromatic heterocycles. The Kier molecular flexibility index (Phi) is 4.37. The number of Topliss-reactive ketones (excluding diaryl/α,β-unsaturated/α-hetero) is 1. The molecule has 1 aliphatic carbocycles. The Bertz CT molecular complexity index is 1320. The largest absolute Gasteiger partial charge is 0.508 e. The van der Waals surface area contributed by atoms with Gasteiger partial charge in [-0.2, -0.15) is 0 Å². The summed E-state index contributed by atoms with van der Waals surface area (Å²) >= 11 is 0. The van der Waals surface area contributed by atoms with Crippen molar-refractivity contribution in [2.75, 3.05) is 6.54 Å². The minimum Gasteiger partial charge on any atom is -0.508 e. The summed E-state index contributed by atoms with van der Waals surface area (Å²) in [5, 5.41) is 20.1. The van der Waals surface area contributed by atoms with Crippen molar-refractivity contribution in [2.24, 2.45) is 5.73 Å². The molecule has 2 aromatic rings. The molecule has 7 heteroatoms. The number of rotatable bonds is 4. The Balaban J connectivity index is 2.19. The van der Waals surface area contributed by atoms with E-state index in [0.29, 0.717) is 16.5 Å². The van der Waals surface area contributed by atoms with Gasteiger partial charge in [-0.3, -0.25) is 9.59 Å². The number of phenolic OH excluding ortho intramolecular Hbond substituents is 1. The van der Waals surface area contributed by atoms with E-state index in [9.17, 15) is 24.6 Å². The third kappa shape index (κ3) is 3.13. The third-order valence-corrected chi connectivity index (χ3v) is 4.70. The van der Waals surface area contributed by atoms with Crippen LogP contribution in [0, 0.1) is 0 Å². The molecule has 4 rings (SSSR count). The monoisotopic (exact) mass is 389 g/mol. The maximum atomic E-state index is 12.1. The molecule has 1 aliphatic heterocycles. The Hall–Kier alpha value is -3.97. The first kappa shape index (κ1) is 18.4. The quantitative estimate of drug-likeness (QED) is 0.361. The molecule has 0 bridgehead atoms. The van der Waals surface area contributed by atoms with Gasteiger partial charge in [0.15, 0.2) is 11.2 Å². The van der Waals surface area contributed by atoms with Gasteiger partial charge in [0.1, 0.15) is 17.1 Å². The highest BCUT2D eigenvalue weighted by atomic mass is 16.4. The van der Waals surface area contributed by atoms with E-state index in [1.54, 1.807) is 12.1 Å². The average Bonchev–Trinajstić information content (AvgIpc) is 2.70. The standard InChI is InChI=1S/C22H15NO6/c23-10-18(26)11-1-4-14(22(27)28)17(7-11)21-15-5-2-12(24)8-19(15)29-20-9-13(25)3-6-16(20)21/h1-9,24H,10,23H2,(H,27,28). The van der Waals surface area contributed by atoms with Gasteiger partial charge in [-0.25, -0.2) is 4.79 Å². The van der Waals surface area contributed by atoms with Gasteiger partial charge in [0.25, 0.3) is 0 Å². The summed E-state index contributed by atoms with van der Waals surface area (Å²) < 4.78 is 5.77. The molecular weight excluding hydrogens is 374 g/mol. The summed E-state index contributed by atoms with van der Waals surface area (Å²) in [6.07, 6.45) is 0. The van der Waals surface area contributed by atoms with Crippen molar-refractivity contribution < 1.29 is 24.2 Å². The van der Waals surface area contributed by atoms with Crippen molar-refractivity contribution in [1.82, 2.24) is 0 Å². The van der Waals surface area contributed by atoms with Gasteiger partial charge in [0, 0.05) is 34.2 Å². The number of benzene rings is 3. The Morgan fingerprint density at radius 1 is 0.966 bits per heavy atom. The van der Waals surface area contributed by atoms with E-state index in [4.69, 9.17) is 10.2 Å². The summed E-state index contributed by atoms with van der Waals surface area (Å²) in [4.78, 5) is 35.9. The minimum atomic E-state index is -1.17. The zero-order chi connectivity index (χ0) is 20.7. The minimum absolute atomic E-state index is 0.0216. The van der Waals surface area contributed by atoms with Crippen molar-refractivity contribution >= 4 is 22.7 Å². The van der Waals surface area contributed by atoms with Crippen LogP contribution in [-0.4, -0.2) is 28.5 Å². The molecule has 0 spiro atoms. The molecular formula is C22H15NO6. The molecule has 0 radical (unpaired) electrons. The van der Waals surface area contributed by atoms with Crippen molar-refractivity contribution in [3.63, 3.8) is 0 Å². The smallest absolute Gasteiger partial charge is 0.336 e. The number of hydrogen-bond donors (Lipinski definition) is 3. The number of phenols is 1. The molecule has 2 aromatic carbocycles. The highest BCUT2D eigenvalue weighted by Crippen LogP contribution is 2.42. The molecule has 0 unspecified atom stereocenters. The second-order valence-corrected chi connectivity index (χ2v) is 6.51. The molecule has 4 N–H and O–H groups in total. The maximum Gasteiger partial charge on any atom is 0.336 e.